The molecule has 6 nitrogen and oxygen atoms in total. The Hall–Kier alpha value is -2.28. The number of aromatic nitrogens is 1. The molecule has 1 aromatic carbocycles. The van der Waals surface area contributed by atoms with E-state index >= 15 is 0 Å². The maximum Gasteiger partial charge on any atom is 0.273 e. The standard InChI is InChI=1S/C17H21N3O3S/c1-3-7-20(8-4-2)16(21)13-10-24-17(19-13)18-12-5-6-14-15(9-12)23-11-22-14/h5-6,9-10H,3-4,7-8,11H2,1-2H3,(H,18,19). The Bertz CT molecular complexity index is 711. The second-order valence-electron chi connectivity index (χ2n) is 5.52. The van der Waals surface area contributed by atoms with E-state index in [2.05, 4.69) is 24.1 Å². The highest BCUT2D eigenvalue weighted by Gasteiger charge is 2.18. The van der Waals surface area contributed by atoms with Gasteiger partial charge in [0.15, 0.2) is 16.6 Å². The van der Waals surface area contributed by atoms with Crippen molar-refractivity contribution in [2.45, 2.75) is 26.7 Å². The average Bonchev–Trinajstić information content (AvgIpc) is 3.23. The lowest BCUT2D eigenvalue weighted by Crippen LogP contribution is -2.32. The molecule has 0 spiro atoms. The molecule has 1 amide bonds. The van der Waals surface area contributed by atoms with E-state index in [1.54, 1.807) is 5.38 Å². The molecule has 0 unspecified atom stereocenters. The highest BCUT2D eigenvalue weighted by Crippen LogP contribution is 2.35. The summed E-state index contributed by atoms with van der Waals surface area (Å²) in [4.78, 5) is 18.8. The van der Waals surface area contributed by atoms with Crippen molar-refractivity contribution in [1.29, 1.82) is 0 Å². The Balaban J connectivity index is 1.69. The average molecular weight is 347 g/mol. The van der Waals surface area contributed by atoms with E-state index < -0.39 is 0 Å². The summed E-state index contributed by atoms with van der Waals surface area (Å²) >= 11 is 1.42. The van der Waals surface area contributed by atoms with E-state index in [0.717, 1.165) is 37.4 Å². The first kappa shape index (κ1) is 16.6. The summed E-state index contributed by atoms with van der Waals surface area (Å²) in [5, 5.41) is 5.70. The molecule has 2 aromatic rings. The number of carbonyl (C=O) groups excluding carboxylic acids is 1. The van der Waals surface area contributed by atoms with Gasteiger partial charge in [-0.1, -0.05) is 13.8 Å². The quantitative estimate of drug-likeness (QED) is 0.823. The number of ether oxygens (including phenoxy) is 2. The van der Waals surface area contributed by atoms with Crippen molar-refractivity contribution < 1.29 is 14.3 Å². The predicted molar refractivity (Wildman–Crippen MR) is 94.4 cm³/mol. The van der Waals surface area contributed by atoms with E-state index in [1.807, 2.05) is 23.1 Å². The number of anilines is 2. The molecule has 128 valence electrons. The highest BCUT2D eigenvalue weighted by atomic mass is 32.1. The van der Waals surface area contributed by atoms with E-state index in [4.69, 9.17) is 9.47 Å². The van der Waals surface area contributed by atoms with Crippen LogP contribution < -0.4 is 14.8 Å². The summed E-state index contributed by atoms with van der Waals surface area (Å²) < 4.78 is 10.7. The predicted octanol–water partition coefficient (Wildman–Crippen LogP) is 3.88. The summed E-state index contributed by atoms with van der Waals surface area (Å²) in [6, 6.07) is 5.62. The van der Waals surface area contributed by atoms with E-state index in [9.17, 15) is 4.79 Å². The van der Waals surface area contributed by atoms with Crippen molar-refractivity contribution in [3.63, 3.8) is 0 Å². The number of hydrogen-bond donors (Lipinski definition) is 1. The number of nitrogens with one attached hydrogen (secondary N) is 1. The highest BCUT2D eigenvalue weighted by molar-refractivity contribution is 7.14. The van der Waals surface area contributed by atoms with Crippen molar-refractivity contribution >= 4 is 28.1 Å². The number of thiazole rings is 1. The minimum absolute atomic E-state index is 0.00585. The molecule has 0 saturated heterocycles. The number of carbonyl (C=O) groups is 1. The maximum absolute atomic E-state index is 12.5. The SMILES string of the molecule is CCCN(CCC)C(=O)c1csc(Nc2ccc3c(c2)OCO3)n1. The number of hydrogen-bond acceptors (Lipinski definition) is 6. The van der Waals surface area contributed by atoms with Gasteiger partial charge in [0.05, 0.1) is 0 Å². The van der Waals surface area contributed by atoms with Gasteiger partial charge in [-0.3, -0.25) is 4.79 Å². The summed E-state index contributed by atoms with van der Waals surface area (Å²) in [5.74, 6) is 1.45. The van der Waals surface area contributed by atoms with Crippen LogP contribution in [-0.2, 0) is 0 Å². The van der Waals surface area contributed by atoms with Crippen LogP contribution in [0.5, 0.6) is 11.5 Å². The van der Waals surface area contributed by atoms with Gasteiger partial charge in [0.25, 0.3) is 5.91 Å². The minimum atomic E-state index is -0.00585. The molecular weight excluding hydrogens is 326 g/mol. The minimum Gasteiger partial charge on any atom is -0.454 e. The van der Waals surface area contributed by atoms with Crippen molar-refractivity contribution in [3.05, 3.63) is 29.3 Å². The first-order valence-electron chi connectivity index (χ1n) is 8.12. The van der Waals surface area contributed by atoms with Crippen LogP contribution in [0.3, 0.4) is 0 Å². The first-order valence-corrected chi connectivity index (χ1v) is 9.00. The normalized spacial score (nSPS) is 12.2. The lowest BCUT2D eigenvalue weighted by atomic mass is 10.3. The molecule has 2 heterocycles. The third kappa shape index (κ3) is 3.62. The molecule has 0 aliphatic carbocycles. The molecular formula is C17H21N3O3S. The van der Waals surface area contributed by atoms with Gasteiger partial charge in [0.2, 0.25) is 6.79 Å². The Morgan fingerprint density at radius 3 is 2.75 bits per heavy atom. The van der Waals surface area contributed by atoms with Crippen LogP contribution in [0, 0.1) is 0 Å². The molecule has 24 heavy (non-hydrogen) atoms. The lowest BCUT2D eigenvalue weighted by Gasteiger charge is -2.20. The Labute approximate surface area is 145 Å². The summed E-state index contributed by atoms with van der Waals surface area (Å²) in [6.45, 7) is 5.91. The Morgan fingerprint density at radius 1 is 1.25 bits per heavy atom. The molecule has 7 heteroatoms. The number of nitrogens with zero attached hydrogens (tertiary/aromatic N) is 2. The zero-order chi connectivity index (χ0) is 16.9. The Morgan fingerprint density at radius 2 is 2.00 bits per heavy atom. The van der Waals surface area contributed by atoms with Gasteiger partial charge in [-0.2, -0.15) is 0 Å². The molecule has 0 fully saturated rings. The third-order valence-electron chi connectivity index (χ3n) is 3.62. The van der Waals surface area contributed by atoms with Gasteiger partial charge < -0.3 is 19.7 Å². The Kier molecular flexibility index (Phi) is 5.20. The number of benzene rings is 1. The summed E-state index contributed by atoms with van der Waals surface area (Å²) in [7, 11) is 0. The van der Waals surface area contributed by atoms with Gasteiger partial charge in [0, 0.05) is 30.2 Å². The number of fused-ring (bicyclic) bond motifs is 1. The van der Waals surface area contributed by atoms with Gasteiger partial charge in [0.1, 0.15) is 5.69 Å². The fourth-order valence-corrected chi connectivity index (χ4v) is 3.25. The fourth-order valence-electron chi connectivity index (χ4n) is 2.54. The first-order chi connectivity index (χ1) is 11.7. The van der Waals surface area contributed by atoms with Crippen LogP contribution in [0.4, 0.5) is 10.8 Å². The lowest BCUT2D eigenvalue weighted by molar-refractivity contribution is 0.0750. The van der Waals surface area contributed by atoms with E-state index in [0.29, 0.717) is 16.6 Å². The molecule has 1 aliphatic rings. The van der Waals surface area contributed by atoms with Crippen LogP contribution in [0.25, 0.3) is 0 Å². The van der Waals surface area contributed by atoms with Crippen molar-refractivity contribution in [2.75, 3.05) is 25.2 Å². The number of rotatable bonds is 7. The molecule has 1 aliphatic heterocycles. The van der Waals surface area contributed by atoms with Crippen LogP contribution in [0.2, 0.25) is 0 Å². The van der Waals surface area contributed by atoms with Crippen LogP contribution in [0.1, 0.15) is 37.2 Å². The van der Waals surface area contributed by atoms with Crippen LogP contribution in [0.15, 0.2) is 23.6 Å². The van der Waals surface area contributed by atoms with E-state index in [-0.39, 0.29) is 12.7 Å². The molecule has 0 saturated carbocycles. The number of amides is 1. The van der Waals surface area contributed by atoms with Crippen molar-refractivity contribution in [2.24, 2.45) is 0 Å². The molecule has 3 rings (SSSR count). The van der Waals surface area contributed by atoms with Gasteiger partial charge in [-0.15, -0.1) is 11.3 Å². The largest absolute Gasteiger partial charge is 0.454 e. The topological polar surface area (TPSA) is 63.7 Å². The van der Waals surface area contributed by atoms with Crippen LogP contribution >= 0.6 is 11.3 Å². The van der Waals surface area contributed by atoms with E-state index in [1.165, 1.54) is 11.3 Å². The van der Waals surface area contributed by atoms with Crippen LogP contribution in [-0.4, -0.2) is 35.7 Å². The maximum atomic E-state index is 12.5. The van der Waals surface area contributed by atoms with Gasteiger partial charge in [-0.05, 0) is 25.0 Å². The fraction of sp³-hybridized carbons (Fsp3) is 0.412. The monoisotopic (exact) mass is 347 g/mol. The van der Waals surface area contributed by atoms with Gasteiger partial charge in [-0.25, -0.2) is 4.98 Å². The van der Waals surface area contributed by atoms with Crippen molar-refractivity contribution in [3.8, 4) is 11.5 Å². The zero-order valence-corrected chi connectivity index (χ0v) is 14.7. The summed E-state index contributed by atoms with van der Waals surface area (Å²) in [6.07, 6.45) is 1.89. The third-order valence-corrected chi connectivity index (χ3v) is 4.38. The summed E-state index contributed by atoms with van der Waals surface area (Å²) in [5.41, 5.74) is 1.34. The molecule has 0 bridgehead atoms. The second-order valence-corrected chi connectivity index (χ2v) is 6.38. The zero-order valence-electron chi connectivity index (χ0n) is 13.9. The molecule has 1 N–H and O–H groups in total. The smallest absolute Gasteiger partial charge is 0.273 e. The molecule has 0 atom stereocenters. The van der Waals surface area contributed by atoms with Crippen molar-refractivity contribution in [1.82, 2.24) is 9.88 Å². The van der Waals surface area contributed by atoms with Gasteiger partial charge >= 0.3 is 0 Å². The molecule has 1 aromatic heterocycles. The molecule has 0 radical (unpaired) electrons. The second kappa shape index (κ2) is 7.53.